The van der Waals surface area contributed by atoms with Crippen molar-refractivity contribution in [2.45, 2.75) is 13.8 Å². The smallest absolute Gasteiger partial charge is 0.251 e. The summed E-state index contributed by atoms with van der Waals surface area (Å²) >= 11 is 0. The Balaban J connectivity index is 1.90. The lowest BCUT2D eigenvalue weighted by Crippen LogP contribution is -2.22. The lowest BCUT2D eigenvalue weighted by molar-refractivity contribution is -0.114. The molecule has 0 bridgehead atoms. The minimum atomic E-state index is -0.135. The van der Waals surface area contributed by atoms with E-state index < -0.39 is 0 Å². The van der Waals surface area contributed by atoms with E-state index in [0.717, 1.165) is 22.5 Å². The Hall–Kier alpha value is -2.82. The lowest BCUT2D eigenvalue weighted by Gasteiger charge is -2.11. The third-order valence-electron chi connectivity index (χ3n) is 3.48. The molecule has 3 N–H and O–H groups in total. The summed E-state index contributed by atoms with van der Waals surface area (Å²) in [7, 11) is 1.59. The highest BCUT2D eigenvalue weighted by Crippen LogP contribution is 2.16. The molecule has 120 valence electrons. The summed E-state index contributed by atoms with van der Waals surface area (Å²) < 4.78 is 0. The van der Waals surface area contributed by atoms with Crippen molar-refractivity contribution in [1.82, 2.24) is 5.32 Å². The number of amides is 2. The number of carbonyl (C=O) groups excluding carboxylic acids is 2. The summed E-state index contributed by atoms with van der Waals surface area (Å²) in [5.41, 5.74) is 4.38. The zero-order valence-corrected chi connectivity index (χ0v) is 13.6. The third-order valence-corrected chi connectivity index (χ3v) is 3.48. The molecule has 0 heterocycles. The van der Waals surface area contributed by atoms with Crippen LogP contribution in [0.5, 0.6) is 0 Å². The molecule has 2 amide bonds. The second-order valence-electron chi connectivity index (χ2n) is 5.38. The second-order valence-corrected chi connectivity index (χ2v) is 5.38. The first-order valence-corrected chi connectivity index (χ1v) is 7.42. The van der Waals surface area contributed by atoms with Crippen LogP contribution in [-0.4, -0.2) is 25.4 Å². The van der Waals surface area contributed by atoms with Gasteiger partial charge in [-0.15, -0.1) is 0 Å². The highest BCUT2D eigenvalue weighted by Gasteiger charge is 2.06. The number of carbonyl (C=O) groups is 2. The van der Waals surface area contributed by atoms with Crippen molar-refractivity contribution in [2.24, 2.45) is 0 Å². The molecule has 2 aromatic carbocycles. The van der Waals surface area contributed by atoms with Crippen molar-refractivity contribution >= 4 is 23.2 Å². The van der Waals surface area contributed by atoms with Gasteiger partial charge in [-0.05, 0) is 49.7 Å². The summed E-state index contributed by atoms with van der Waals surface area (Å²) in [4.78, 5) is 23.5. The maximum absolute atomic E-state index is 12.0. The van der Waals surface area contributed by atoms with Crippen molar-refractivity contribution in [1.29, 1.82) is 0 Å². The molecule has 0 atom stereocenters. The number of hydrogen-bond acceptors (Lipinski definition) is 3. The van der Waals surface area contributed by atoms with Gasteiger partial charge in [0.15, 0.2) is 0 Å². The van der Waals surface area contributed by atoms with Crippen LogP contribution in [0.1, 0.15) is 21.5 Å². The van der Waals surface area contributed by atoms with Gasteiger partial charge in [0.05, 0.1) is 6.54 Å². The molecule has 2 rings (SSSR count). The van der Waals surface area contributed by atoms with Crippen LogP contribution in [0.25, 0.3) is 0 Å². The molecule has 23 heavy (non-hydrogen) atoms. The first kappa shape index (κ1) is 16.5. The topological polar surface area (TPSA) is 70.2 Å². The van der Waals surface area contributed by atoms with E-state index in [1.54, 1.807) is 31.3 Å². The molecule has 5 heteroatoms. The van der Waals surface area contributed by atoms with Gasteiger partial charge < -0.3 is 16.0 Å². The SMILES string of the molecule is CNC(=O)c1ccc(NCC(=O)Nc2ccc(C)cc2C)cc1. The van der Waals surface area contributed by atoms with Gasteiger partial charge in [0, 0.05) is 24.0 Å². The average molecular weight is 311 g/mol. The van der Waals surface area contributed by atoms with E-state index in [9.17, 15) is 9.59 Å². The largest absolute Gasteiger partial charge is 0.376 e. The molecular formula is C18H21N3O2. The van der Waals surface area contributed by atoms with Gasteiger partial charge >= 0.3 is 0 Å². The van der Waals surface area contributed by atoms with Crippen LogP contribution in [0.3, 0.4) is 0 Å². The van der Waals surface area contributed by atoms with Crippen molar-refractivity contribution < 1.29 is 9.59 Å². The fraction of sp³-hybridized carbons (Fsp3) is 0.222. The van der Waals surface area contributed by atoms with Gasteiger partial charge in [-0.1, -0.05) is 17.7 Å². The minimum Gasteiger partial charge on any atom is -0.376 e. The first-order chi connectivity index (χ1) is 11.0. The standard InChI is InChI=1S/C18H21N3O2/c1-12-4-9-16(13(2)10-12)21-17(22)11-20-15-7-5-14(6-8-15)18(23)19-3/h4-10,20H,11H2,1-3H3,(H,19,23)(H,21,22). The maximum atomic E-state index is 12.0. The Bertz CT molecular complexity index is 709. The van der Waals surface area contributed by atoms with Crippen LogP contribution in [-0.2, 0) is 4.79 Å². The normalized spacial score (nSPS) is 10.0. The highest BCUT2D eigenvalue weighted by molar-refractivity contribution is 5.95. The molecule has 0 aromatic heterocycles. The molecule has 2 aromatic rings. The predicted octanol–water partition coefficient (Wildman–Crippen LogP) is 2.71. The van der Waals surface area contributed by atoms with Gasteiger partial charge in [0.1, 0.15) is 0 Å². The van der Waals surface area contributed by atoms with Crippen LogP contribution < -0.4 is 16.0 Å². The molecule has 5 nitrogen and oxygen atoms in total. The van der Waals surface area contributed by atoms with E-state index in [-0.39, 0.29) is 18.4 Å². The van der Waals surface area contributed by atoms with Gasteiger partial charge in [-0.3, -0.25) is 9.59 Å². The Morgan fingerprint density at radius 3 is 2.30 bits per heavy atom. The fourth-order valence-electron chi connectivity index (χ4n) is 2.21. The number of rotatable bonds is 5. The Morgan fingerprint density at radius 2 is 1.70 bits per heavy atom. The van der Waals surface area contributed by atoms with Gasteiger partial charge in [-0.25, -0.2) is 0 Å². The lowest BCUT2D eigenvalue weighted by atomic mass is 10.1. The van der Waals surface area contributed by atoms with Crippen LogP contribution in [0.15, 0.2) is 42.5 Å². The van der Waals surface area contributed by atoms with Crippen LogP contribution in [0.4, 0.5) is 11.4 Å². The number of benzene rings is 2. The number of hydrogen-bond donors (Lipinski definition) is 3. The highest BCUT2D eigenvalue weighted by atomic mass is 16.2. The van der Waals surface area contributed by atoms with Crippen molar-refractivity contribution in [3.05, 3.63) is 59.2 Å². The van der Waals surface area contributed by atoms with Crippen molar-refractivity contribution in [3.63, 3.8) is 0 Å². The summed E-state index contributed by atoms with van der Waals surface area (Å²) in [5, 5.41) is 8.48. The Kier molecular flexibility index (Phi) is 5.36. The molecule has 0 aliphatic heterocycles. The van der Waals surface area contributed by atoms with E-state index >= 15 is 0 Å². The van der Waals surface area contributed by atoms with Gasteiger partial charge in [0.2, 0.25) is 5.91 Å². The number of nitrogens with one attached hydrogen (secondary N) is 3. The second kappa shape index (κ2) is 7.45. The summed E-state index contributed by atoms with van der Waals surface area (Å²) in [6, 6.07) is 12.9. The average Bonchev–Trinajstić information content (AvgIpc) is 2.55. The van der Waals surface area contributed by atoms with E-state index in [0.29, 0.717) is 5.56 Å². The molecule has 0 spiro atoms. The van der Waals surface area contributed by atoms with Crippen molar-refractivity contribution in [2.75, 3.05) is 24.2 Å². The Labute approximate surface area is 136 Å². The molecule has 0 aliphatic rings. The van der Waals surface area contributed by atoms with E-state index in [1.165, 1.54) is 0 Å². The quantitative estimate of drug-likeness (QED) is 0.795. The number of aryl methyl sites for hydroxylation is 2. The predicted molar refractivity (Wildman–Crippen MR) is 92.9 cm³/mol. The van der Waals surface area contributed by atoms with Crippen LogP contribution >= 0.6 is 0 Å². The zero-order chi connectivity index (χ0) is 16.8. The van der Waals surface area contributed by atoms with E-state index in [2.05, 4.69) is 16.0 Å². The summed E-state index contributed by atoms with van der Waals surface area (Å²) in [5.74, 6) is -0.253. The van der Waals surface area contributed by atoms with Crippen molar-refractivity contribution in [3.8, 4) is 0 Å². The minimum absolute atomic E-state index is 0.118. The van der Waals surface area contributed by atoms with Gasteiger partial charge in [0.25, 0.3) is 5.91 Å². The van der Waals surface area contributed by atoms with E-state index in [4.69, 9.17) is 0 Å². The molecule has 0 fully saturated rings. The van der Waals surface area contributed by atoms with Crippen LogP contribution in [0.2, 0.25) is 0 Å². The molecule has 0 saturated heterocycles. The molecule has 0 aliphatic carbocycles. The maximum Gasteiger partial charge on any atom is 0.251 e. The molecular weight excluding hydrogens is 290 g/mol. The fourth-order valence-corrected chi connectivity index (χ4v) is 2.21. The molecule has 0 unspecified atom stereocenters. The Morgan fingerprint density at radius 1 is 1.00 bits per heavy atom. The van der Waals surface area contributed by atoms with Crippen LogP contribution in [0, 0.1) is 13.8 Å². The third kappa shape index (κ3) is 4.57. The summed E-state index contributed by atoms with van der Waals surface area (Å²) in [6.07, 6.45) is 0. The number of anilines is 2. The monoisotopic (exact) mass is 311 g/mol. The molecule has 0 saturated carbocycles. The van der Waals surface area contributed by atoms with Gasteiger partial charge in [-0.2, -0.15) is 0 Å². The zero-order valence-electron chi connectivity index (χ0n) is 13.6. The van der Waals surface area contributed by atoms with E-state index in [1.807, 2.05) is 32.0 Å². The molecule has 0 radical (unpaired) electrons. The summed E-state index contributed by atoms with van der Waals surface area (Å²) in [6.45, 7) is 4.14. The first-order valence-electron chi connectivity index (χ1n) is 7.42.